The van der Waals surface area contributed by atoms with E-state index in [1.165, 1.54) is 17.3 Å². The second-order valence-electron chi connectivity index (χ2n) is 7.93. The number of benzene rings is 2. The molecule has 5 rings (SSSR count). The van der Waals surface area contributed by atoms with Gasteiger partial charge in [-0.25, -0.2) is 9.97 Å². The van der Waals surface area contributed by atoms with Gasteiger partial charge in [0.2, 0.25) is 11.9 Å². The Morgan fingerprint density at radius 2 is 1.85 bits per heavy atom. The van der Waals surface area contributed by atoms with Crippen LogP contribution < -0.4 is 10.2 Å². The number of amides is 1. The molecule has 5 aromatic rings. The van der Waals surface area contributed by atoms with Gasteiger partial charge in [-0.1, -0.05) is 36.4 Å². The number of H-pyrrole nitrogens is 1. The number of rotatable bonds is 8. The predicted molar refractivity (Wildman–Crippen MR) is 129 cm³/mol. The summed E-state index contributed by atoms with van der Waals surface area (Å²) in [6.45, 7) is 0.601. The third kappa shape index (κ3) is 4.27. The second kappa shape index (κ2) is 9.12. The number of para-hydroxylation sites is 2. The summed E-state index contributed by atoms with van der Waals surface area (Å²) in [6, 6.07) is 18.2. The number of aryl methyl sites for hydroxylation is 1. The van der Waals surface area contributed by atoms with Gasteiger partial charge in [-0.3, -0.25) is 4.79 Å². The van der Waals surface area contributed by atoms with Crippen molar-refractivity contribution < 1.29 is 4.79 Å². The molecule has 3 aromatic heterocycles. The average molecular weight is 440 g/mol. The van der Waals surface area contributed by atoms with E-state index in [0.29, 0.717) is 25.3 Å². The van der Waals surface area contributed by atoms with Crippen molar-refractivity contribution in [3.05, 3.63) is 84.4 Å². The Labute approximate surface area is 191 Å². The molecule has 0 fully saturated rings. The van der Waals surface area contributed by atoms with Crippen LogP contribution in [0.4, 0.5) is 11.6 Å². The number of hydrogen-bond donors (Lipinski definition) is 2. The van der Waals surface area contributed by atoms with E-state index in [4.69, 9.17) is 0 Å². The van der Waals surface area contributed by atoms with Crippen molar-refractivity contribution in [2.75, 3.05) is 18.5 Å². The lowest BCUT2D eigenvalue weighted by Gasteiger charge is -2.18. The molecule has 0 aliphatic rings. The molecule has 8 nitrogen and oxygen atoms in total. The smallest absolute Gasteiger partial charge is 0.234 e. The highest BCUT2D eigenvalue weighted by Gasteiger charge is 2.15. The van der Waals surface area contributed by atoms with E-state index in [-0.39, 0.29) is 5.91 Å². The van der Waals surface area contributed by atoms with Crippen LogP contribution >= 0.6 is 0 Å². The zero-order valence-electron chi connectivity index (χ0n) is 18.4. The summed E-state index contributed by atoms with van der Waals surface area (Å²) in [5.41, 5.74) is 4.97. The fourth-order valence-corrected chi connectivity index (χ4v) is 4.03. The first kappa shape index (κ1) is 20.7. The third-order valence-corrected chi connectivity index (χ3v) is 5.82. The van der Waals surface area contributed by atoms with Gasteiger partial charge in [-0.05, 0) is 36.6 Å². The van der Waals surface area contributed by atoms with Crippen molar-refractivity contribution in [3.63, 3.8) is 0 Å². The number of nitrogens with one attached hydrogen (secondary N) is 2. The normalized spacial score (nSPS) is 11.2. The minimum absolute atomic E-state index is 0.0184. The monoisotopic (exact) mass is 439 g/mol. The molecule has 0 radical (unpaired) electrons. The van der Waals surface area contributed by atoms with Gasteiger partial charge in [0.1, 0.15) is 6.33 Å². The van der Waals surface area contributed by atoms with Crippen molar-refractivity contribution >= 4 is 34.1 Å². The van der Waals surface area contributed by atoms with Gasteiger partial charge in [0.25, 0.3) is 0 Å². The Bertz CT molecular complexity index is 1390. The maximum Gasteiger partial charge on any atom is 0.234 e. The van der Waals surface area contributed by atoms with Crippen LogP contribution in [0.15, 0.2) is 73.3 Å². The van der Waals surface area contributed by atoms with Crippen molar-refractivity contribution in [2.45, 2.75) is 19.3 Å². The van der Waals surface area contributed by atoms with Crippen LogP contribution in [-0.2, 0) is 17.6 Å². The molecule has 0 saturated carbocycles. The minimum atomic E-state index is 0.0184. The van der Waals surface area contributed by atoms with E-state index >= 15 is 0 Å². The van der Waals surface area contributed by atoms with Crippen LogP contribution in [0.5, 0.6) is 0 Å². The number of nitrogens with zero attached hydrogens (tertiary/aromatic N) is 5. The molecular weight excluding hydrogens is 414 g/mol. The molecule has 0 aliphatic heterocycles. The number of anilines is 2. The Balaban J connectivity index is 1.20. The molecule has 0 unspecified atom stereocenters. The van der Waals surface area contributed by atoms with Crippen molar-refractivity contribution in [1.82, 2.24) is 29.9 Å². The Kier molecular flexibility index (Phi) is 5.72. The Morgan fingerprint density at radius 1 is 1.03 bits per heavy atom. The van der Waals surface area contributed by atoms with Gasteiger partial charge in [-0.15, -0.1) is 0 Å². The van der Waals surface area contributed by atoms with Gasteiger partial charge in [-0.2, -0.15) is 9.61 Å². The van der Waals surface area contributed by atoms with Crippen molar-refractivity contribution in [1.29, 1.82) is 0 Å². The standard InChI is InChI=1S/C25H25N7O/c1-31(20-7-3-2-4-8-20)25-29-17-28-24-19(16-30-32(24)25)11-12-23(33)26-14-13-18-15-27-22-10-6-5-9-21(18)22/h2-10,15-17,27H,11-14H2,1H3,(H,26,33). The minimum Gasteiger partial charge on any atom is -0.361 e. The maximum atomic E-state index is 12.4. The summed E-state index contributed by atoms with van der Waals surface area (Å²) >= 11 is 0. The van der Waals surface area contributed by atoms with Gasteiger partial charge in [0.05, 0.1) is 6.20 Å². The van der Waals surface area contributed by atoms with Gasteiger partial charge in [0, 0.05) is 48.4 Å². The SMILES string of the molecule is CN(c1ccccc1)c1ncnc2c(CCC(=O)NCCc3c[nH]c4ccccc34)cnn12. The molecular formula is C25H25N7O. The molecule has 0 aliphatic carbocycles. The molecule has 1 amide bonds. The lowest BCUT2D eigenvalue weighted by atomic mass is 10.1. The Morgan fingerprint density at radius 3 is 2.73 bits per heavy atom. The first-order chi connectivity index (χ1) is 16.2. The lowest BCUT2D eigenvalue weighted by Crippen LogP contribution is -2.25. The summed E-state index contributed by atoms with van der Waals surface area (Å²) in [5, 5.41) is 8.71. The van der Waals surface area contributed by atoms with Crippen LogP contribution in [0.3, 0.4) is 0 Å². The molecule has 3 heterocycles. The van der Waals surface area contributed by atoms with E-state index < -0.39 is 0 Å². The largest absolute Gasteiger partial charge is 0.361 e. The molecule has 2 N–H and O–H groups in total. The first-order valence-electron chi connectivity index (χ1n) is 11.0. The van der Waals surface area contributed by atoms with Crippen LogP contribution in [-0.4, -0.2) is 44.1 Å². The maximum absolute atomic E-state index is 12.4. The van der Waals surface area contributed by atoms with Gasteiger partial charge >= 0.3 is 0 Å². The van der Waals surface area contributed by atoms with E-state index in [1.807, 2.05) is 60.6 Å². The summed E-state index contributed by atoms with van der Waals surface area (Å²) < 4.78 is 1.72. The number of hydrogen-bond acceptors (Lipinski definition) is 5. The molecule has 0 bridgehead atoms. The van der Waals surface area contributed by atoms with E-state index in [2.05, 4.69) is 37.5 Å². The van der Waals surface area contributed by atoms with Gasteiger partial charge < -0.3 is 15.2 Å². The second-order valence-corrected chi connectivity index (χ2v) is 7.93. The predicted octanol–water partition coefficient (Wildman–Crippen LogP) is 3.67. The van der Waals surface area contributed by atoms with Crippen LogP contribution in [0.25, 0.3) is 16.6 Å². The summed E-state index contributed by atoms with van der Waals surface area (Å²) in [5.74, 6) is 0.686. The number of aromatic nitrogens is 5. The quantitative estimate of drug-likeness (QED) is 0.385. The highest BCUT2D eigenvalue weighted by molar-refractivity contribution is 5.83. The highest BCUT2D eigenvalue weighted by atomic mass is 16.1. The first-order valence-corrected chi connectivity index (χ1v) is 11.0. The molecule has 0 atom stereocenters. The highest BCUT2D eigenvalue weighted by Crippen LogP contribution is 2.22. The number of carbonyl (C=O) groups is 1. The number of fused-ring (bicyclic) bond motifs is 2. The van der Waals surface area contributed by atoms with Crippen LogP contribution in [0, 0.1) is 0 Å². The van der Waals surface area contributed by atoms with E-state index in [0.717, 1.165) is 28.8 Å². The summed E-state index contributed by atoms with van der Waals surface area (Å²) in [6.07, 6.45) is 7.05. The molecule has 2 aromatic carbocycles. The fraction of sp³-hybridized carbons (Fsp3) is 0.200. The molecule has 8 heteroatoms. The van der Waals surface area contributed by atoms with Crippen LogP contribution in [0.2, 0.25) is 0 Å². The number of aromatic amines is 1. The topological polar surface area (TPSA) is 91.2 Å². The molecule has 166 valence electrons. The molecule has 33 heavy (non-hydrogen) atoms. The zero-order chi connectivity index (χ0) is 22.6. The number of carbonyl (C=O) groups excluding carboxylic acids is 1. The fourth-order valence-electron chi connectivity index (χ4n) is 4.03. The van der Waals surface area contributed by atoms with Crippen molar-refractivity contribution in [2.24, 2.45) is 0 Å². The van der Waals surface area contributed by atoms with E-state index in [1.54, 1.807) is 10.7 Å². The van der Waals surface area contributed by atoms with E-state index in [9.17, 15) is 4.79 Å². The third-order valence-electron chi connectivity index (χ3n) is 5.82. The van der Waals surface area contributed by atoms with Crippen LogP contribution in [0.1, 0.15) is 17.5 Å². The average Bonchev–Trinajstić information content (AvgIpc) is 3.47. The Hall–Kier alpha value is -4.20. The summed E-state index contributed by atoms with van der Waals surface area (Å²) in [4.78, 5) is 26.5. The molecule has 0 spiro atoms. The zero-order valence-corrected chi connectivity index (χ0v) is 18.4. The van der Waals surface area contributed by atoms with Crippen molar-refractivity contribution in [3.8, 4) is 0 Å². The van der Waals surface area contributed by atoms with Gasteiger partial charge in [0.15, 0.2) is 5.65 Å². The molecule has 0 saturated heterocycles. The summed E-state index contributed by atoms with van der Waals surface area (Å²) in [7, 11) is 1.94. The lowest BCUT2D eigenvalue weighted by molar-refractivity contribution is -0.121.